The molecule has 2 aromatic heterocycles. The van der Waals surface area contributed by atoms with Crippen molar-refractivity contribution in [2.75, 3.05) is 38.1 Å². The van der Waals surface area contributed by atoms with E-state index in [1.807, 2.05) is 17.9 Å². The molecule has 2 aromatic rings. The van der Waals surface area contributed by atoms with Crippen LogP contribution in [0.2, 0.25) is 0 Å². The number of anilines is 1. The fourth-order valence-electron chi connectivity index (χ4n) is 4.85. The Morgan fingerprint density at radius 1 is 1.19 bits per heavy atom. The standard InChI is InChI=1S/C23H30FN5O2/c1-3-15-5-7-18(27-22(15)30)16-4-6-17(14-16)28-10-12-29(13-11-28)20-9-8-19(23(31)25-2)26-21(20)24/h5,7-9,16-17H,3-4,6,10-14H2,1-2H3,(H,25,31)(H,27,30). The molecule has 8 heteroatoms. The van der Waals surface area contributed by atoms with Crippen molar-refractivity contribution in [1.82, 2.24) is 20.2 Å². The van der Waals surface area contributed by atoms with Gasteiger partial charge in [0.25, 0.3) is 11.5 Å². The summed E-state index contributed by atoms with van der Waals surface area (Å²) in [5, 5.41) is 2.46. The molecule has 31 heavy (non-hydrogen) atoms. The molecular weight excluding hydrogens is 397 g/mol. The van der Waals surface area contributed by atoms with Crippen molar-refractivity contribution in [2.45, 2.75) is 44.6 Å². The summed E-state index contributed by atoms with van der Waals surface area (Å²) < 4.78 is 14.5. The van der Waals surface area contributed by atoms with Crippen molar-refractivity contribution in [1.29, 1.82) is 0 Å². The number of piperazine rings is 1. The Hall–Kier alpha value is -2.74. The summed E-state index contributed by atoms with van der Waals surface area (Å²) in [6.45, 7) is 5.16. The molecule has 1 aliphatic heterocycles. The van der Waals surface area contributed by atoms with Crippen LogP contribution in [-0.4, -0.2) is 60.0 Å². The van der Waals surface area contributed by atoms with Crippen LogP contribution in [0.1, 0.15) is 53.8 Å². The summed E-state index contributed by atoms with van der Waals surface area (Å²) >= 11 is 0. The zero-order chi connectivity index (χ0) is 22.0. The Bertz CT molecular complexity index is 1000. The molecule has 1 saturated heterocycles. The Labute approximate surface area is 181 Å². The van der Waals surface area contributed by atoms with E-state index in [0.717, 1.165) is 63.1 Å². The number of amides is 1. The number of halogens is 1. The number of aromatic nitrogens is 2. The van der Waals surface area contributed by atoms with Crippen LogP contribution >= 0.6 is 0 Å². The molecule has 7 nitrogen and oxygen atoms in total. The van der Waals surface area contributed by atoms with E-state index in [-0.39, 0.29) is 11.3 Å². The van der Waals surface area contributed by atoms with Gasteiger partial charge in [0, 0.05) is 56.4 Å². The Balaban J connectivity index is 1.35. The summed E-state index contributed by atoms with van der Waals surface area (Å²) in [6, 6.07) is 7.72. The Kier molecular flexibility index (Phi) is 6.36. The largest absolute Gasteiger partial charge is 0.365 e. The first kappa shape index (κ1) is 21.5. The summed E-state index contributed by atoms with van der Waals surface area (Å²) in [5.74, 6) is -0.604. The average molecular weight is 428 g/mol. The van der Waals surface area contributed by atoms with Crippen molar-refractivity contribution < 1.29 is 9.18 Å². The lowest BCUT2D eigenvalue weighted by atomic mass is 10.0. The van der Waals surface area contributed by atoms with Gasteiger partial charge in [-0.1, -0.05) is 13.0 Å². The van der Waals surface area contributed by atoms with E-state index in [9.17, 15) is 14.0 Å². The summed E-state index contributed by atoms with van der Waals surface area (Å²) in [6.07, 6.45) is 3.97. The monoisotopic (exact) mass is 427 g/mol. The maximum Gasteiger partial charge on any atom is 0.269 e. The number of rotatable bonds is 5. The van der Waals surface area contributed by atoms with E-state index in [4.69, 9.17) is 0 Å². The molecule has 0 bridgehead atoms. The predicted octanol–water partition coefficient (Wildman–Crippen LogP) is 2.29. The minimum absolute atomic E-state index is 0.0372. The maximum atomic E-state index is 14.5. The highest BCUT2D eigenvalue weighted by Crippen LogP contribution is 2.36. The quantitative estimate of drug-likeness (QED) is 0.716. The van der Waals surface area contributed by atoms with Crippen LogP contribution in [0.5, 0.6) is 0 Å². The van der Waals surface area contributed by atoms with Crippen molar-refractivity contribution in [3.8, 4) is 0 Å². The average Bonchev–Trinajstić information content (AvgIpc) is 3.29. The van der Waals surface area contributed by atoms with Crippen LogP contribution < -0.4 is 15.8 Å². The SMILES string of the molecule is CCc1ccc(C2CCC(N3CCN(c4ccc(C(=O)NC)nc4F)CC3)C2)[nH]c1=O. The van der Waals surface area contributed by atoms with Gasteiger partial charge in [0.2, 0.25) is 5.95 Å². The highest BCUT2D eigenvalue weighted by molar-refractivity contribution is 5.92. The highest BCUT2D eigenvalue weighted by Gasteiger charge is 2.33. The molecule has 1 saturated carbocycles. The van der Waals surface area contributed by atoms with Crippen LogP contribution in [0.15, 0.2) is 29.1 Å². The Morgan fingerprint density at radius 2 is 1.97 bits per heavy atom. The summed E-state index contributed by atoms with van der Waals surface area (Å²) in [7, 11) is 1.50. The first-order valence-electron chi connectivity index (χ1n) is 11.1. The normalized spacial score (nSPS) is 22.0. The minimum Gasteiger partial charge on any atom is -0.365 e. The molecular formula is C23H30FN5O2. The van der Waals surface area contributed by atoms with Crippen molar-refractivity contribution in [2.24, 2.45) is 0 Å². The second kappa shape index (κ2) is 9.18. The van der Waals surface area contributed by atoms with Gasteiger partial charge in [-0.2, -0.15) is 4.39 Å². The molecule has 1 amide bonds. The lowest BCUT2D eigenvalue weighted by Gasteiger charge is -2.39. The molecule has 1 aliphatic carbocycles. The van der Waals surface area contributed by atoms with Gasteiger partial charge in [-0.05, 0) is 43.9 Å². The number of pyridine rings is 2. The van der Waals surface area contributed by atoms with Crippen LogP contribution in [0.25, 0.3) is 0 Å². The van der Waals surface area contributed by atoms with Crippen LogP contribution in [-0.2, 0) is 6.42 Å². The van der Waals surface area contributed by atoms with E-state index in [2.05, 4.69) is 26.3 Å². The number of aryl methyl sites for hydroxylation is 1. The first-order chi connectivity index (χ1) is 15.0. The number of H-pyrrole nitrogens is 1. The highest BCUT2D eigenvalue weighted by atomic mass is 19.1. The van der Waals surface area contributed by atoms with E-state index in [1.165, 1.54) is 7.05 Å². The van der Waals surface area contributed by atoms with E-state index < -0.39 is 11.9 Å². The lowest BCUT2D eigenvalue weighted by molar-refractivity contribution is 0.0957. The lowest BCUT2D eigenvalue weighted by Crippen LogP contribution is -2.50. The number of carbonyl (C=O) groups excluding carboxylic acids is 1. The maximum absolute atomic E-state index is 14.5. The van der Waals surface area contributed by atoms with Gasteiger partial charge < -0.3 is 15.2 Å². The van der Waals surface area contributed by atoms with Gasteiger partial charge in [-0.3, -0.25) is 14.5 Å². The van der Waals surface area contributed by atoms with Crippen molar-refractivity contribution >= 4 is 11.6 Å². The zero-order valence-electron chi connectivity index (χ0n) is 18.2. The predicted molar refractivity (Wildman–Crippen MR) is 118 cm³/mol. The van der Waals surface area contributed by atoms with E-state index in [1.54, 1.807) is 12.1 Å². The number of nitrogens with one attached hydrogen (secondary N) is 2. The molecule has 0 spiro atoms. The Morgan fingerprint density at radius 3 is 2.61 bits per heavy atom. The topological polar surface area (TPSA) is 81.3 Å². The molecule has 2 atom stereocenters. The van der Waals surface area contributed by atoms with Crippen molar-refractivity contribution in [3.63, 3.8) is 0 Å². The van der Waals surface area contributed by atoms with Gasteiger partial charge >= 0.3 is 0 Å². The number of nitrogens with zero attached hydrogens (tertiary/aromatic N) is 3. The number of aromatic amines is 1. The van der Waals surface area contributed by atoms with Crippen LogP contribution in [0.4, 0.5) is 10.1 Å². The molecule has 2 unspecified atom stereocenters. The second-order valence-electron chi connectivity index (χ2n) is 8.39. The molecule has 2 aliphatic rings. The number of hydrogen-bond acceptors (Lipinski definition) is 5. The summed E-state index contributed by atoms with van der Waals surface area (Å²) in [4.78, 5) is 35.2. The van der Waals surface area contributed by atoms with Gasteiger partial charge in [0.05, 0.1) is 5.69 Å². The third kappa shape index (κ3) is 4.49. The smallest absolute Gasteiger partial charge is 0.269 e. The molecule has 2 N–H and O–H groups in total. The first-order valence-corrected chi connectivity index (χ1v) is 11.1. The number of hydrogen-bond donors (Lipinski definition) is 2. The molecule has 166 valence electrons. The molecule has 4 rings (SSSR count). The van der Waals surface area contributed by atoms with Gasteiger partial charge in [0.1, 0.15) is 5.69 Å². The molecule has 2 fully saturated rings. The molecule has 3 heterocycles. The van der Waals surface area contributed by atoms with Gasteiger partial charge in [-0.25, -0.2) is 4.98 Å². The van der Waals surface area contributed by atoms with E-state index >= 15 is 0 Å². The van der Waals surface area contributed by atoms with Crippen LogP contribution in [0.3, 0.4) is 0 Å². The third-order valence-electron chi connectivity index (χ3n) is 6.70. The zero-order valence-corrected chi connectivity index (χ0v) is 18.2. The fourth-order valence-corrected chi connectivity index (χ4v) is 4.85. The van der Waals surface area contributed by atoms with E-state index in [0.29, 0.717) is 17.6 Å². The molecule has 0 aromatic carbocycles. The second-order valence-corrected chi connectivity index (χ2v) is 8.39. The fraction of sp³-hybridized carbons (Fsp3) is 0.522. The van der Waals surface area contributed by atoms with Gasteiger partial charge in [-0.15, -0.1) is 0 Å². The minimum atomic E-state index is -0.602. The van der Waals surface area contributed by atoms with Crippen LogP contribution in [0, 0.1) is 5.95 Å². The number of carbonyl (C=O) groups is 1. The van der Waals surface area contributed by atoms with Crippen molar-refractivity contribution in [3.05, 3.63) is 57.5 Å². The third-order valence-corrected chi connectivity index (χ3v) is 6.70. The van der Waals surface area contributed by atoms with Gasteiger partial charge in [0.15, 0.2) is 0 Å². The summed E-state index contributed by atoms with van der Waals surface area (Å²) in [5.41, 5.74) is 2.46. The molecule has 0 radical (unpaired) electrons.